The van der Waals surface area contributed by atoms with Gasteiger partial charge in [0.15, 0.2) is 0 Å². The molecule has 0 spiro atoms. The third kappa shape index (κ3) is 13.0. The molecule has 0 heterocycles. The lowest BCUT2D eigenvalue weighted by Crippen LogP contribution is -2.03. The molecule has 0 aromatic carbocycles. The second-order valence-electron chi connectivity index (χ2n) is 4.68. The van der Waals surface area contributed by atoms with Crippen molar-refractivity contribution in [3.63, 3.8) is 0 Å². The number of rotatable bonds is 14. The van der Waals surface area contributed by atoms with Gasteiger partial charge in [-0.3, -0.25) is 0 Å². The van der Waals surface area contributed by atoms with Gasteiger partial charge in [0, 0.05) is 24.6 Å². The van der Waals surface area contributed by atoms with Crippen LogP contribution in [0.4, 0.5) is 0 Å². The molecule has 0 bridgehead atoms. The van der Waals surface area contributed by atoms with E-state index in [0.717, 1.165) is 76.0 Å². The van der Waals surface area contributed by atoms with E-state index in [1.54, 1.807) is 0 Å². The topological polar surface area (TPSA) is 56.9 Å². The van der Waals surface area contributed by atoms with E-state index in [1.165, 1.54) is 0 Å². The third-order valence-corrected chi connectivity index (χ3v) is 2.83. The SMILES string of the molecule is C=CCCC(=N)CCCOCCCC(=N)CCC=C. The summed E-state index contributed by atoms with van der Waals surface area (Å²) in [6.45, 7) is 8.74. The minimum Gasteiger partial charge on any atom is -0.381 e. The normalized spacial score (nSPS) is 10.1. The second kappa shape index (κ2) is 13.2. The zero-order valence-corrected chi connectivity index (χ0v) is 12.0. The van der Waals surface area contributed by atoms with Crippen molar-refractivity contribution in [3.05, 3.63) is 25.3 Å². The maximum Gasteiger partial charge on any atom is 0.0469 e. The van der Waals surface area contributed by atoms with Crippen LogP contribution in [-0.4, -0.2) is 24.6 Å². The van der Waals surface area contributed by atoms with Gasteiger partial charge in [-0.25, -0.2) is 0 Å². The van der Waals surface area contributed by atoms with Gasteiger partial charge in [0.25, 0.3) is 0 Å². The van der Waals surface area contributed by atoms with Gasteiger partial charge in [-0.1, -0.05) is 12.2 Å². The Bertz CT molecular complexity index is 256. The molecule has 0 radical (unpaired) electrons. The molecule has 0 amide bonds. The van der Waals surface area contributed by atoms with Crippen molar-refractivity contribution in [2.24, 2.45) is 0 Å². The quantitative estimate of drug-likeness (QED) is 0.270. The fraction of sp³-hybridized carbons (Fsp3) is 0.625. The number of hydrogen-bond donors (Lipinski definition) is 2. The molecular formula is C16H28N2O. The molecule has 0 saturated carbocycles. The fourth-order valence-electron chi connectivity index (χ4n) is 1.68. The van der Waals surface area contributed by atoms with Crippen LogP contribution >= 0.6 is 0 Å². The number of allylic oxidation sites excluding steroid dienone is 2. The molecule has 0 aromatic heterocycles. The van der Waals surface area contributed by atoms with Crippen LogP contribution in [0.2, 0.25) is 0 Å². The fourth-order valence-corrected chi connectivity index (χ4v) is 1.68. The van der Waals surface area contributed by atoms with Crippen molar-refractivity contribution >= 4 is 11.4 Å². The minimum atomic E-state index is 0.719. The molecule has 108 valence electrons. The van der Waals surface area contributed by atoms with Gasteiger partial charge in [0.05, 0.1) is 0 Å². The van der Waals surface area contributed by atoms with E-state index in [2.05, 4.69) is 13.2 Å². The monoisotopic (exact) mass is 264 g/mol. The predicted octanol–water partition coefficient (Wildman–Crippen LogP) is 4.54. The van der Waals surface area contributed by atoms with Gasteiger partial charge in [-0.05, 0) is 51.4 Å². The lowest BCUT2D eigenvalue weighted by atomic mass is 10.1. The smallest absolute Gasteiger partial charge is 0.0469 e. The first-order valence-corrected chi connectivity index (χ1v) is 7.12. The molecule has 0 unspecified atom stereocenters. The first-order chi connectivity index (χ1) is 9.20. The molecule has 0 rings (SSSR count). The van der Waals surface area contributed by atoms with Crippen molar-refractivity contribution in [1.29, 1.82) is 10.8 Å². The molecule has 2 N–H and O–H groups in total. The molecule has 0 aliphatic rings. The highest BCUT2D eigenvalue weighted by Gasteiger charge is 1.98. The number of nitrogens with one attached hydrogen (secondary N) is 2. The summed E-state index contributed by atoms with van der Waals surface area (Å²) in [4.78, 5) is 0. The molecule has 0 aliphatic carbocycles. The Labute approximate surface area is 117 Å². The molecule has 0 fully saturated rings. The molecule has 0 aliphatic heterocycles. The predicted molar refractivity (Wildman–Crippen MR) is 83.6 cm³/mol. The Balaban J connectivity index is 3.26. The zero-order valence-electron chi connectivity index (χ0n) is 12.0. The summed E-state index contributed by atoms with van der Waals surface area (Å²) in [6.07, 6.45) is 10.6. The van der Waals surface area contributed by atoms with Gasteiger partial charge < -0.3 is 15.6 Å². The van der Waals surface area contributed by atoms with Crippen LogP contribution in [-0.2, 0) is 4.74 Å². The van der Waals surface area contributed by atoms with Crippen LogP contribution in [0, 0.1) is 10.8 Å². The van der Waals surface area contributed by atoms with Crippen molar-refractivity contribution in [3.8, 4) is 0 Å². The van der Waals surface area contributed by atoms with Crippen LogP contribution in [0.15, 0.2) is 25.3 Å². The average Bonchev–Trinajstić information content (AvgIpc) is 2.41. The Kier molecular flexibility index (Phi) is 12.4. The summed E-state index contributed by atoms with van der Waals surface area (Å²) in [5.41, 5.74) is 1.57. The van der Waals surface area contributed by atoms with E-state index in [4.69, 9.17) is 15.6 Å². The largest absolute Gasteiger partial charge is 0.381 e. The molecule has 0 saturated heterocycles. The van der Waals surface area contributed by atoms with E-state index >= 15 is 0 Å². The van der Waals surface area contributed by atoms with Gasteiger partial charge in [-0.2, -0.15) is 0 Å². The van der Waals surface area contributed by atoms with Gasteiger partial charge >= 0.3 is 0 Å². The molecule has 19 heavy (non-hydrogen) atoms. The van der Waals surface area contributed by atoms with E-state index in [-0.39, 0.29) is 0 Å². The van der Waals surface area contributed by atoms with Gasteiger partial charge in [0.1, 0.15) is 0 Å². The highest BCUT2D eigenvalue weighted by molar-refractivity contribution is 5.81. The lowest BCUT2D eigenvalue weighted by molar-refractivity contribution is 0.132. The summed E-state index contributed by atoms with van der Waals surface area (Å²) in [6, 6.07) is 0. The molecule has 0 atom stereocenters. The number of hydrogen-bond acceptors (Lipinski definition) is 3. The Morgan fingerprint density at radius 1 is 0.789 bits per heavy atom. The van der Waals surface area contributed by atoms with E-state index < -0.39 is 0 Å². The summed E-state index contributed by atoms with van der Waals surface area (Å²) in [5.74, 6) is 0. The summed E-state index contributed by atoms with van der Waals surface area (Å²) >= 11 is 0. The van der Waals surface area contributed by atoms with Gasteiger partial charge in [-0.15, -0.1) is 13.2 Å². The van der Waals surface area contributed by atoms with Crippen LogP contribution in [0.3, 0.4) is 0 Å². The zero-order chi connectivity index (χ0) is 14.3. The highest BCUT2D eigenvalue weighted by Crippen LogP contribution is 2.02. The van der Waals surface area contributed by atoms with Crippen molar-refractivity contribution < 1.29 is 4.74 Å². The first-order valence-electron chi connectivity index (χ1n) is 7.12. The van der Waals surface area contributed by atoms with Crippen LogP contribution < -0.4 is 0 Å². The van der Waals surface area contributed by atoms with Crippen LogP contribution in [0.25, 0.3) is 0 Å². The maximum absolute atomic E-state index is 7.69. The van der Waals surface area contributed by atoms with E-state index in [9.17, 15) is 0 Å². The van der Waals surface area contributed by atoms with Crippen molar-refractivity contribution in [1.82, 2.24) is 0 Å². The molecular weight excluding hydrogens is 236 g/mol. The summed E-state index contributed by atoms with van der Waals surface area (Å²) in [5, 5.41) is 15.4. The Morgan fingerprint density at radius 2 is 1.21 bits per heavy atom. The summed E-state index contributed by atoms with van der Waals surface area (Å²) < 4.78 is 5.51. The van der Waals surface area contributed by atoms with Crippen molar-refractivity contribution in [2.45, 2.75) is 51.4 Å². The second-order valence-corrected chi connectivity index (χ2v) is 4.68. The first kappa shape index (κ1) is 17.8. The lowest BCUT2D eigenvalue weighted by Gasteiger charge is -2.05. The van der Waals surface area contributed by atoms with Crippen molar-refractivity contribution in [2.75, 3.05) is 13.2 Å². The Hall–Kier alpha value is -1.22. The third-order valence-electron chi connectivity index (χ3n) is 2.83. The maximum atomic E-state index is 7.69. The summed E-state index contributed by atoms with van der Waals surface area (Å²) in [7, 11) is 0. The standard InChI is InChI=1S/C16H28N2O/c1-3-5-9-15(17)11-7-13-19-14-8-12-16(18)10-6-4-2/h3-4,17-18H,1-2,5-14H2. The Morgan fingerprint density at radius 3 is 1.58 bits per heavy atom. The molecule has 3 nitrogen and oxygen atoms in total. The molecule has 0 aromatic rings. The van der Waals surface area contributed by atoms with E-state index in [0.29, 0.717) is 0 Å². The van der Waals surface area contributed by atoms with E-state index in [1.807, 2.05) is 12.2 Å². The minimum absolute atomic E-state index is 0.719. The van der Waals surface area contributed by atoms with Gasteiger partial charge in [0.2, 0.25) is 0 Å². The van der Waals surface area contributed by atoms with Crippen LogP contribution in [0.1, 0.15) is 51.4 Å². The average molecular weight is 264 g/mol. The highest BCUT2D eigenvalue weighted by atomic mass is 16.5. The number of ether oxygens (including phenoxy) is 1. The van der Waals surface area contributed by atoms with Crippen LogP contribution in [0.5, 0.6) is 0 Å². The molecule has 3 heteroatoms.